The molecule has 1 aromatic carbocycles. The van der Waals surface area contributed by atoms with E-state index in [2.05, 4.69) is 47.2 Å². The SMILES string of the molecule is C[C](C)CN1CCC(c2ccc(NC(=O)N3CC(c4cccnc4)C3)cc2)CC1. The van der Waals surface area contributed by atoms with Crippen molar-refractivity contribution in [1.82, 2.24) is 14.8 Å². The summed E-state index contributed by atoms with van der Waals surface area (Å²) in [6.45, 7) is 9.38. The fraction of sp³-hybridized carbons (Fsp3) is 0.458. The first-order chi connectivity index (χ1) is 14.1. The zero-order valence-corrected chi connectivity index (χ0v) is 17.5. The molecule has 153 valence electrons. The molecule has 0 atom stereocenters. The summed E-state index contributed by atoms with van der Waals surface area (Å²) < 4.78 is 0. The third-order valence-corrected chi connectivity index (χ3v) is 6.09. The van der Waals surface area contributed by atoms with Crippen molar-refractivity contribution in [2.75, 3.05) is 38.0 Å². The number of nitrogens with one attached hydrogen (secondary N) is 1. The van der Waals surface area contributed by atoms with Crippen molar-refractivity contribution in [2.45, 2.75) is 38.5 Å². The number of hydrogen-bond donors (Lipinski definition) is 1. The molecule has 2 amide bonds. The van der Waals surface area contributed by atoms with Gasteiger partial charge in [0.1, 0.15) is 0 Å². The number of urea groups is 1. The van der Waals surface area contributed by atoms with Gasteiger partial charge in [-0.1, -0.05) is 32.0 Å². The molecule has 5 nitrogen and oxygen atoms in total. The summed E-state index contributed by atoms with van der Waals surface area (Å²) in [6, 6.07) is 12.5. The number of benzene rings is 1. The number of carbonyl (C=O) groups excluding carboxylic acids is 1. The number of likely N-dealkylation sites (tertiary alicyclic amines) is 2. The van der Waals surface area contributed by atoms with Gasteiger partial charge in [-0.15, -0.1) is 0 Å². The number of nitrogens with zero attached hydrogens (tertiary/aromatic N) is 3. The molecule has 0 spiro atoms. The van der Waals surface area contributed by atoms with Gasteiger partial charge in [0.25, 0.3) is 0 Å². The summed E-state index contributed by atoms with van der Waals surface area (Å²) in [5.41, 5.74) is 3.47. The summed E-state index contributed by atoms with van der Waals surface area (Å²) in [4.78, 5) is 21.0. The molecule has 2 aliphatic heterocycles. The number of piperidine rings is 1. The average molecular weight is 392 g/mol. The van der Waals surface area contributed by atoms with Crippen LogP contribution < -0.4 is 5.32 Å². The minimum absolute atomic E-state index is 0.0163. The largest absolute Gasteiger partial charge is 0.323 e. The molecule has 2 aliphatic rings. The predicted octanol–water partition coefficient (Wildman–Crippen LogP) is 4.51. The van der Waals surface area contributed by atoms with Gasteiger partial charge in [-0.25, -0.2) is 4.79 Å². The fourth-order valence-corrected chi connectivity index (χ4v) is 4.39. The molecule has 4 rings (SSSR count). The number of aromatic nitrogens is 1. The molecule has 5 heteroatoms. The van der Waals surface area contributed by atoms with E-state index >= 15 is 0 Å². The maximum absolute atomic E-state index is 12.5. The molecule has 1 aromatic heterocycles. The topological polar surface area (TPSA) is 48.5 Å². The third-order valence-electron chi connectivity index (χ3n) is 6.09. The Morgan fingerprint density at radius 1 is 1.03 bits per heavy atom. The van der Waals surface area contributed by atoms with E-state index in [9.17, 15) is 4.79 Å². The van der Waals surface area contributed by atoms with Crippen LogP contribution in [0.5, 0.6) is 0 Å². The Hall–Kier alpha value is -2.40. The van der Waals surface area contributed by atoms with Crippen LogP contribution in [0.3, 0.4) is 0 Å². The molecule has 3 heterocycles. The minimum atomic E-state index is -0.0163. The van der Waals surface area contributed by atoms with E-state index in [0.29, 0.717) is 11.8 Å². The van der Waals surface area contributed by atoms with Gasteiger partial charge >= 0.3 is 6.03 Å². The Morgan fingerprint density at radius 3 is 2.38 bits per heavy atom. The number of pyridine rings is 1. The first-order valence-electron chi connectivity index (χ1n) is 10.7. The second-order valence-electron chi connectivity index (χ2n) is 8.70. The first kappa shape index (κ1) is 19.9. The number of anilines is 1. The van der Waals surface area contributed by atoms with Crippen molar-refractivity contribution in [3.63, 3.8) is 0 Å². The van der Waals surface area contributed by atoms with Crippen LogP contribution in [0.4, 0.5) is 10.5 Å². The van der Waals surface area contributed by atoms with E-state index in [0.717, 1.165) is 25.3 Å². The van der Waals surface area contributed by atoms with E-state index in [-0.39, 0.29) is 6.03 Å². The lowest BCUT2D eigenvalue weighted by Gasteiger charge is -2.39. The molecule has 1 radical (unpaired) electrons. The highest BCUT2D eigenvalue weighted by molar-refractivity contribution is 5.90. The summed E-state index contributed by atoms with van der Waals surface area (Å²) in [7, 11) is 0. The molecule has 0 aliphatic carbocycles. The molecule has 0 unspecified atom stereocenters. The van der Waals surface area contributed by atoms with E-state index in [4.69, 9.17) is 0 Å². The Labute approximate surface area is 174 Å². The first-order valence-corrected chi connectivity index (χ1v) is 10.7. The lowest BCUT2D eigenvalue weighted by atomic mass is 9.89. The zero-order chi connectivity index (χ0) is 20.2. The third kappa shape index (κ3) is 4.96. The second kappa shape index (κ2) is 8.95. The molecule has 29 heavy (non-hydrogen) atoms. The van der Waals surface area contributed by atoms with Crippen molar-refractivity contribution in [1.29, 1.82) is 0 Å². The van der Waals surface area contributed by atoms with Crippen LogP contribution in [0.15, 0.2) is 48.8 Å². The van der Waals surface area contributed by atoms with Crippen LogP contribution in [0.25, 0.3) is 0 Å². The van der Waals surface area contributed by atoms with Gasteiger partial charge in [-0.3, -0.25) is 4.98 Å². The van der Waals surface area contributed by atoms with Gasteiger partial charge in [0.15, 0.2) is 0 Å². The predicted molar refractivity (Wildman–Crippen MR) is 117 cm³/mol. The molecule has 2 aromatic rings. The van der Waals surface area contributed by atoms with Crippen molar-refractivity contribution in [2.24, 2.45) is 0 Å². The highest BCUT2D eigenvalue weighted by atomic mass is 16.2. The van der Waals surface area contributed by atoms with Gasteiger partial charge in [-0.05, 0) is 67.1 Å². The Balaban J connectivity index is 1.24. The lowest BCUT2D eigenvalue weighted by Crippen LogP contribution is -2.50. The van der Waals surface area contributed by atoms with Gasteiger partial charge < -0.3 is 15.1 Å². The molecular formula is C24H31N4O. The van der Waals surface area contributed by atoms with E-state index in [1.54, 1.807) is 6.20 Å². The van der Waals surface area contributed by atoms with Crippen LogP contribution in [0.1, 0.15) is 49.7 Å². The van der Waals surface area contributed by atoms with Crippen molar-refractivity contribution in [3.8, 4) is 0 Å². The quantitative estimate of drug-likeness (QED) is 0.816. The van der Waals surface area contributed by atoms with Crippen LogP contribution in [-0.2, 0) is 0 Å². The fourth-order valence-electron chi connectivity index (χ4n) is 4.39. The molecular weight excluding hydrogens is 360 g/mol. The molecule has 2 saturated heterocycles. The van der Waals surface area contributed by atoms with Crippen LogP contribution in [-0.4, -0.2) is 53.5 Å². The van der Waals surface area contributed by atoms with Crippen molar-refractivity contribution in [3.05, 3.63) is 65.8 Å². The van der Waals surface area contributed by atoms with Gasteiger partial charge in [-0.2, -0.15) is 0 Å². The smallest absolute Gasteiger partial charge is 0.321 e. The standard InChI is InChI=1S/C24H31N4O/c1-18(2)15-27-12-9-20(10-13-27)19-5-7-23(8-6-19)26-24(29)28-16-22(17-28)21-4-3-11-25-14-21/h3-8,11,14,20,22H,9-10,12-13,15-17H2,1-2H3,(H,26,29). The van der Waals surface area contributed by atoms with E-state index < -0.39 is 0 Å². The molecule has 0 bridgehead atoms. The van der Waals surface area contributed by atoms with Crippen LogP contribution >= 0.6 is 0 Å². The van der Waals surface area contributed by atoms with E-state index in [1.807, 2.05) is 29.3 Å². The van der Waals surface area contributed by atoms with E-state index in [1.165, 1.54) is 43.0 Å². The number of rotatable bonds is 5. The second-order valence-corrected chi connectivity index (χ2v) is 8.70. The van der Waals surface area contributed by atoms with Gasteiger partial charge in [0, 0.05) is 43.6 Å². The molecule has 0 saturated carbocycles. The monoisotopic (exact) mass is 391 g/mol. The average Bonchev–Trinajstić information content (AvgIpc) is 2.68. The zero-order valence-electron chi connectivity index (χ0n) is 17.5. The maximum atomic E-state index is 12.5. The summed E-state index contributed by atoms with van der Waals surface area (Å²) >= 11 is 0. The summed E-state index contributed by atoms with van der Waals surface area (Å²) in [5, 5.41) is 3.04. The lowest BCUT2D eigenvalue weighted by molar-refractivity contribution is 0.164. The maximum Gasteiger partial charge on any atom is 0.321 e. The highest BCUT2D eigenvalue weighted by Crippen LogP contribution is 2.30. The Kier molecular flexibility index (Phi) is 6.14. The van der Waals surface area contributed by atoms with Crippen LogP contribution in [0.2, 0.25) is 0 Å². The highest BCUT2D eigenvalue weighted by Gasteiger charge is 2.31. The normalized spacial score (nSPS) is 18.7. The van der Waals surface area contributed by atoms with Crippen LogP contribution in [0, 0.1) is 5.92 Å². The summed E-state index contributed by atoms with van der Waals surface area (Å²) in [5.74, 6) is 2.51. The van der Waals surface area contributed by atoms with Gasteiger partial charge in [0.05, 0.1) is 0 Å². The minimum Gasteiger partial charge on any atom is -0.323 e. The number of carbonyl (C=O) groups is 1. The Morgan fingerprint density at radius 2 is 1.76 bits per heavy atom. The van der Waals surface area contributed by atoms with Crippen molar-refractivity contribution < 1.29 is 4.79 Å². The molecule has 1 N–H and O–H groups in total. The number of amides is 2. The molecule has 2 fully saturated rings. The summed E-state index contributed by atoms with van der Waals surface area (Å²) in [6.07, 6.45) is 6.10. The number of hydrogen-bond acceptors (Lipinski definition) is 3. The van der Waals surface area contributed by atoms with Gasteiger partial charge in [0.2, 0.25) is 0 Å². The Bertz CT molecular complexity index is 791. The van der Waals surface area contributed by atoms with Crippen molar-refractivity contribution >= 4 is 11.7 Å².